The summed E-state index contributed by atoms with van der Waals surface area (Å²) in [5.41, 5.74) is 4.65. The molecule has 3 aliphatic rings. The van der Waals surface area contributed by atoms with Crippen molar-refractivity contribution < 1.29 is 19.0 Å². The molecule has 1 saturated heterocycles. The highest BCUT2D eigenvalue weighted by Gasteiger charge is 2.33. The predicted molar refractivity (Wildman–Crippen MR) is 141 cm³/mol. The van der Waals surface area contributed by atoms with Crippen LogP contribution < -0.4 is 9.47 Å². The van der Waals surface area contributed by atoms with Crippen molar-refractivity contribution in [3.63, 3.8) is 0 Å². The number of ether oxygens (including phenoxy) is 3. The molecule has 0 N–H and O–H groups in total. The molecule has 3 heterocycles. The minimum Gasteiger partial charge on any atom is -0.491 e. The van der Waals surface area contributed by atoms with Gasteiger partial charge in [-0.15, -0.1) is 0 Å². The van der Waals surface area contributed by atoms with Gasteiger partial charge in [-0.05, 0) is 47.7 Å². The van der Waals surface area contributed by atoms with Crippen LogP contribution in [0.4, 0.5) is 0 Å². The van der Waals surface area contributed by atoms with Crippen molar-refractivity contribution in [2.24, 2.45) is 0 Å². The fourth-order valence-electron chi connectivity index (χ4n) is 5.54. The number of hydrogen-bond donors (Lipinski definition) is 0. The lowest BCUT2D eigenvalue weighted by Gasteiger charge is -2.32. The fourth-order valence-corrected chi connectivity index (χ4v) is 5.54. The number of rotatable bonds is 6. The lowest BCUT2D eigenvalue weighted by Crippen LogP contribution is -2.42. The minimum atomic E-state index is -0.451. The fraction of sp³-hybridized carbons (Fsp3) is 0.387. The van der Waals surface area contributed by atoms with E-state index in [1.807, 2.05) is 35.2 Å². The lowest BCUT2D eigenvalue weighted by atomic mass is 10.0. The zero-order valence-corrected chi connectivity index (χ0v) is 21.2. The van der Waals surface area contributed by atoms with Gasteiger partial charge in [0.2, 0.25) is 0 Å². The molecule has 0 radical (unpaired) electrons. The summed E-state index contributed by atoms with van der Waals surface area (Å²) in [5.74, 6) is 1.74. The molecule has 1 atom stereocenters. The Hall–Kier alpha value is -3.35. The van der Waals surface area contributed by atoms with Crippen LogP contribution in [0.25, 0.3) is 0 Å². The average molecular weight is 499 g/mol. The van der Waals surface area contributed by atoms with E-state index in [0.29, 0.717) is 38.8 Å². The van der Waals surface area contributed by atoms with Crippen molar-refractivity contribution >= 4 is 5.91 Å². The molecule has 6 heteroatoms. The summed E-state index contributed by atoms with van der Waals surface area (Å²) in [6.45, 7) is 5.24. The second-order valence-corrected chi connectivity index (χ2v) is 10.2. The number of carbonyl (C=O) groups is 1. The highest BCUT2D eigenvalue weighted by Crippen LogP contribution is 2.31. The smallest absolute Gasteiger partial charge is 0.264 e. The van der Waals surface area contributed by atoms with Crippen LogP contribution in [0.5, 0.6) is 11.5 Å². The molecular formula is C31H34N2O4. The second-order valence-electron chi connectivity index (χ2n) is 10.2. The van der Waals surface area contributed by atoms with Gasteiger partial charge >= 0.3 is 0 Å². The van der Waals surface area contributed by atoms with Gasteiger partial charge in [0.1, 0.15) is 18.1 Å². The number of likely N-dealkylation sites (tertiary alicyclic amines) is 1. The summed E-state index contributed by atoms with van der Waals surface area (Å²) >= 11 is 0. The molecule has 0 saturated carbocycles. The van der Waals surface area contributed by atoms with E-state index >= 15 is 0 Å². The normalized spacial score (nSPS) is 19.9. The maximum absolute atomic E-state index is 13.3. The van der Waals surface area contributed by atoms with Gasteiger partial charge in [0.15, 0.2) is 6.10 Å². The number of hydrogen-bond acceptors (Lipinski definition) is 5. The molecule has 3 aromatic carbocycles. The number of carbonyl (C=O) groups excluding carboxylic acids is 1. The third-order valence-electron chi connectivity index (χ3n) is 7.61. The number of fused-ring (bicyclic) bond motifs is 2. The Morgan fingerprint density at radius 3 is 2.51 bits per heavy atom. The quantitative estimate of drug-likeness (QED) is 0.498. The van der Waals surface area contributed by atoms with E-state index in [2.05, 4.69) is 47.4 Å². The molecule has 192 valence electrons. The minimum absolute atomic E-state index is 0.0376. The largest absolute Gasteiger partial charge is 0.491 e. The number of nitrogens with zero attached hydrogens (tertiary/aromatic N) is 2. The Kier molecular flexibility index (Phi) is 7.11. The highest BCUT2D eigenvalue weighted by atomic mass is 16.5. The van der Waals surface area contributed by atoms with Gasteiger partial charge in [-0.1, -0.05) is 54.6 Å². The van der Waals surface area contributed by atoms with Crippen LogP contribution in [0.15, 0.2) is 72.8 Å². The van der Waals surface area contributed by atoms with Crippen molar-refractivity contribution in [1.29, 1.82) is 0 Å². The second kappa shape index (κ2) is 11.0. The van der Waals surface area contributed by atoms with E-state index in [4.69, 9.17) is 14.2 Å². The van der Waals surface area contributed by atoms with Crippen LogP contribution in [0.2, 0.25) is 0 Å². The molecule has 0 bridgehead atoms. The first kappa shape index (κ1) is 24.0. The molecule has 0 aliphatic carbocycles. The standard InChI is InChI=1S/C31H34N2O4/c34-31(30-19-25-8-4-5-9-29(25)37-30)33-16-17-35-28-11-10-24(18-26(28)21-33)20-32-14-12-27(13-15-32)36-22-23-6-2-1-3-7-23/h1-11,18,27,30H,12-17,19-22H2. The zero-order valence-electron chi connectivity index (χ0n) is 21.2. The molecule has 6 rings (SSSR count). The third kappa shape index (κ3) is 5.65. The Bertz CT molecular complexity index is 1200. The first-order chi connectivity index (χ1) is 18.2. The Morgan fingerprint density at radius 1 is 0.865 bits per heavy atom. The summed E-state index contributed by atoms with van der Waals surface area (Å²) in [6.07, 6.45) is 2.59. The van der Waals surface area contributed by atoms with Gasteiger partial charge < -0.3 is 19.1 Å². The summed E-state index contributed by atoms with van der Waals surface area (Å²) in [6, 6.07) is 24.7. The molecule has 1 amide bonds. The molecular weight excluding hydrogens is 464 g/mol. The average Bonchev–Trinajstić information content (AvgIpc) is 3.26. The molecule has 6 nitrogen and oxygen atoms in total. The maximum atomic E-state index is 13.3. The first-order valence-electron chi connectivity index (χ1n) is 13.4. The van der Waals surface area contributed by atoms with Gasteiger partial charge in [-0.2, -0.15) is 0 Å². The number of para-hydroxylation sites is 1. The molecule has 1 unspecified atom stereocenters. The van der Waals surface area contributed by atoms with Crippen molar-refractivity contribution in [2.75, 3.05) is 26.2 Å². The van der Waals surface area contributed by atoms with Crippen LogP contribution in [-0.4, -0.2) is 54.2 Å². The molecule has 3 aromatic rings. The Balaban J connectivity index is 1.04. The van der Waals surface area contributed by atoms with Crippen molar-refractivity contribution in [2.45, 2.75) is 51.2 Å². The molecule has 1 fully saturated rings. The maximum Gasteiger partial charge on any atom is 0.264 e. The Morgan fingerprint density at radius 2 is 1.68 bits per heavy atom. The SMILES string of the molecule is O=C(C1Cc2ccccc2O1)N1CCOc2ccc(CN3CCC(OCc4ccccc4)CC3)cc2C1. The third-order valence-corrected chi connectivity index (χ3v) is 7.61. The summed E-state index contributed by atoms with van der Waals surface area (Å²) in [7, 11) is 0. The van der Waals surface area contributed by atoms with E-state index in [0.717, 1.165) is 55.1 Å². The Labute approximate surface area is 218 Å². The van der Waals surface area contributed by atoms with Gasteiger partial charge in [0.05, 0.1) is 19.3 Å². The molecule has 3 aliphatic heterocycles. The summed E-state index contributed by atoms with van der Waals surface area (Å²) in [5, 5.41) is 0. The summed E-state index contributed by atoms with van der Waals surface area (Å²) < 4.78 is 18.1. The van der Waals surface area contributed by atoms with Gasteiger partial charge in [-0.25, -0.2) is 0 Å². The van der Waals surface area contributed by atoms with E-state index in [-0.39, 0.29) is 5.91 Å². The van der Waals surface area contributed by atoms with Crippen LogP contribution in [0.3, 0.4) is 0 Å². The predicted octanol–water partition coefficient (Wildman–Crippen LogP) is 4.59. The van der Waals surface area contributed by atoms with Gasteiger partial charge in [0.25, 0.3) is 5.91 Å². The molecule has 0 aromatic heterocycles. The molecule has 37 heavy (non-hydrogen) atoms. The number of amides is 1. The van der Waals surface area contributed by atoms with Crippen LogP contribution in [0, 0.1) is 0 Å². The van der Waals surface area contributed by atoms with E-state index in [1.165, 1.54) is 11.1 Å². The zero-order chi connectivity index (χ0) is 25.0. The van der Waals surface area contributed by atoms with E-state index in [1.54, 1.807) is 0 Å². The monoisotopic (exact) mass is 498 g/mol. The van der Waals surface area contributed by atoms with Crippen molar-refractivity contribution in [3.8, 4) is 11.5 Å². The van der Waals surface area contributed by atoms with E-state index < -0.39 is 6.10 Å². The van der Waals surface area contributed by atoms with Gasteiger partial charge in [0, 0.05) is 38.2 Å². The van der Waals surface area contributed by atoms with Crippen LogP contribution in [-0.2, 0) is 35.6 Å². The number of piperidine rings is 1. The molecule has 0 spiro atoms. The number of benzene rings is 3. The highest BCUT2D eigenvalue weighted by molar-refractivity contribution is 5.82. The van der Waals surface area contributed by atoms with E-state index in [9.17, 15) is 4.79 Å². The lowest BCUT2D eigenvalue weighted by molar-refractivity contribution is -0.138. The first-order valence-corrected chi connectivity index (χ1v) is 13.4. The van der Waals surface area contributed by atoms with Crippen LogP contribution >= 0.6 is 0 Å². The van der Waals surface area contributed by atoms with Crippen molar-refractivity contribution in [3.05, 3.63) is 95.1 Å². The topological polar surface area (TPSA) is 51.2 Å². The summed E-state index contributed by atoms with van der Waals surface area (Å²) in [4.78, 5) is 17.7. The van der Waals surface area contributed by atoms with Gasteiger partial charge in [-0.3, -0.25) is 9.69 Å². The van der Waals surface area contributed by atoms with Crippen molar-refractivity contribution in [1.82, 2.24) is 9.80 Å². The van der Waals surface area contributed by atoms with Crippen LogP contribution in [0.1, 0.15) is 35.1 Å².